The zero-order valence-electron chi connectivity index (χ0n) is 12.0. The Morgan fingerprint density at radius 3 is 2.67 bits per heavy atom. The first-order valence-electron chi connectivity index (χ1n) is 6.94. The first-order chi connectivity index (χ1) is 10.1. The summed E-state index contributed by atoms with van der Waals surface area (Å²) in [7, 11) is 0. The van der Waals surface area contributed by atoms with Gasteiger partial charge in [0.2, 0.25) is 0 Å². The van der Waals surface area contributed by atoms with Gasteiger partial charge in [0.25, 0.3) is 0 Å². The molecule has 0 saturated heterocycles. The summed E-state index contributed by atoms with van der Waals surface area (Å²) in [6.45, 7) is 4.30. The average molecular weight is 303 g/mol. The third-order valence-electron chi connectivity index (χ3n) is 3.61. The number of imidazole rings is 1. The second kappa shape index (κ2) is 5.49. The molecule has 2 nitrogen and oxygen atoms in total. The number of hydrogen-bond acceptors (Lipinski definition) is 1. The Labute approximate surface area is 128 Å². The molecule has 0 fully saturated rings. The van der Waals surface area contributed by atoms with Gasteiger partial charge in [-0.25, -0.2) is 9.37 Å². The molecule has 0 aliphatic heterocycles. The number of nitrogens with zero attached hydrogens (tertiary/aromatic N) is 2. The van der Waals surface area contributed by atoms with Crippen molar-refractivity contribution in [2.24, 2.45) is 0 Å². The van der Waals surface area contributed by atoms with Gasteiger partial charge in [0, 0.05) is 6.07 Å². The Bertz CT molecular complexity index is 793. The summed E-state index contributed by atoms with van der Waals surface area (Å²) in [4.78, 5) is 4.46. The molecule has 108 valence electrons. The summed E-state index contributed by atoms with van der Waals surface area (Å²) in [6.07, 6.45) is 0. The van der Waals surface area contributed by atoms with Crippen LogP contribution in [0, 0.1) is 5.82 Å². The molecule has 0 unspecified atom stereocenters. The molecule has 2 aromatic carbocycles. The highest BCUT2D eigenvalue weighted by Crippen LogP contribution is 2.29. The molecule has 0 aliphatic rings. The second-order valence-electron chi connectivity index (χ2n) is 5.34. The van der Waals surface area contributed by atoms with Gasteiger partial charge in [0.1, 0.15) is 11.6 Å². The van der Waals surface area contributed by atoms with Crippen LogP contribution in [0.25, 0.3) is 16.7 Å². The van der Waals surface area contributed by atoms with Crippen molar-refractivity contribution in [3.8, 4) is 5.69 Å². The molecule has 21 heavy (non-hydrogen) atoms. The maximum Gasteiger partial charge on any atom is 0.129 e. The lowest BCUT2D eigenvalue weighted by atomic mass is 10.0. The number of fused-ring (bicyclic) bond motifs is 1. The molecule has 0 N–H and O–H groups in total. The highest BCUT2D eigenvalue weighted by molar-refractivity contribution is 6.17. The molecule has 0 aliphatic carbocycles. The third-order valence-corrected chi connectivity index (χ3v) is 3.84. The van der Waals surface area contributed by atoms with E-state index in [9.17, 15) is 4.39 Å². The van der Waals surface area contributed by atoms with E-state index in [0.29, 0.717) is 11.4 Å². The first-order valence-corrected chi connectivity index (χ1v) is 7.47. The van der Waals surface area contributed by atoms with Crippen LogP contribution in [-0.4, -0.2) is 9.55 Å². The molecule has 3 rings (SSSR count). The smallest absolute Gasteiger partial charge is 0.129 e. The van der Waals surface area contributed by atoms with Crippen LogP contribution >= 0.6 is 11.6 Å². The Morgan fingerprint density at radius 2 is 1.95 bits per heavy atom. The number of benzene rings is 2. The van der Waals surface area contributed by atoms with Crippen molar-refractivity contribution >= 4 is 22.6 Å². The largest absolute Gasteiger partial charge is 0.295 e. The molecular formula is C17H16ClFN2. The van der Waals surface area contributed by atoms with Gasteiger partial charge >= 0.3 is 0 Å². The summed E-state index contributed by atoms with van der Waals surface area (Å²) in [5.41, 5.74) is 3.77. The molecule has 0 atom stereocenters. The van der Waals surface area contributed by atoms with E-state index in [2.05, 4.69) is 31.0 Å². The Morgan fingerprint density at radius 1 is 1.19 bits per heavy atom. The van der Waals surface area contributed by atoms with Crippen molar-refractivity contribution in [1.29, 1.82) is 0 Å². The summed E-state index contributed by atoms with van der Waals surface area (Å²) in [5.74, 6) is 1.10. The van der Waals surface area contributed by atoms with E-state index in [1.807, 2.05) is 16.7 Å². The van der Waals surface area contributed by atoms with Gasteiger partial charge in [-0.15, -0.1) is 11.6 Å². The van der Waals surface area contributed by atoms with E-state index < -0.39 is 0 Å². The van der Waals surface area contributed by atoms with Gasteiger partial charge < -0.3 is 0 Å². The minimum atomic E-state index is -0.287. The van der Waals surface area contributed by atoms with Crippen LogP contribution in [0.1, 0.15) is 31.2 Å². The molecule has 1 aromatic heterocycles. The summed E-state index contributed by atoms with van der Waals surface area (Å²) in [5, 5.41) is 0. The van der Waals surface area contributed by atoms with E-state index >= 15 is 0 Å². The SMILES string of the molecule is CC(C)c1ccccc1-n1c(CCl)nc2cc(F)ccc21. The van der Waals surface area contributed by atoms with Gasteiger partial charge in [-0.05, 0) is 29.7 Å². The van der Waals surface area contributed by atoms with E-state index in [4.69, 9.17) is 11.6 Å². The van der Waals surface area contributed by atoms with E-state index in [0.717, 1.165) is 17.0 Å². The number of aromatic nitrogens is 2. The molecule has 4 heteroatoms. The number of rotatable bonds is 3. The zero-order valence-corrected chi connectivity index (χ0v) is 12.7. The molecule has 1 heterocycles. The highest BCUT2D eigenvalue weighted by atomic mass is 35.5. The number of alkyl halides is 1. The predicted molar refractivity (Wildman–Crippen MR) is 84.7 cm³/mol. The first kappa shape index (κ1) is 14.1. The van der Waals surface area contributed by atoms with Crippen LogP contribution in [-0.2, 0) is 5.88 Å². The van der Waals surface area contributed by atoms with Crippen molar-refractivity contribution in [1.82, 2.24) is 9.55 Å². The van der Waals surface area contributed by atoms with Crippen LogP contribution in [0.4, 0.5) is 4.39 Å². The van der Waals surface area contributed by atoms with Crippen molar-refractivity contribution < 1.29 is 4.39 Å². The second-order valence-corrected chi connectivity index (χ2v) is 5.61. The van der Waals surface area contributed by atoms with E-state index in [1.54, 1.807) is 6.07 Å². The summed E-state index contributed by atoms with van der Waals surface area (Å²) in [6, 6.07) is 12.8. The average Bonchev–Trinajstić information content (AvgIpc) is 2.84. The normalized spacial score (nSPS) is 11.5. The number of hydrogen-bond donors (Lipinski definition) is 0. The topological polar surface area (TPSA) is 17.8 Å². The summed E-state index contributed by atoms with van der Waals surface area (Å²) >= 11 is 6.05. The van der Waals surface area contributed by atoms with Gasteiger partial charge in [-0.1, -0.05) is 32.0 Å². The molecule has 0 radical (unpaired) electrons. The lowest BCUT2D eigenvalue weighted by Crippen LogP contribution is -2.04. The number of halogens is 2. The Hall–Kier alpha value is -1.87. The minimum absolute atomic E-state index is 0.280. The summed E-state index contributed by atoms with van der Waals surface area (Å²) < 4.78 is 15.4. The third kappa shape index (κ3) is 2.42. The molecule has 0 bridgehead atoms. The lowest BCUT2D eigenvalue weighted by Gasteiger charge is -2.15. The monoisotopic (exact) mass is 302 g/mol. The van der Waals surface area contributed by atoms with Gasteiger partial charge in [-0.2, -0.15) is 0 Å². The molecule has 0 spiro atoms. The fourth-order valence-corrected chi connectivity index (χ4v) is 2.82. The Kier molecular flexibility index (Phi) is 3.68. The fourth-order valence-electron chi connectivity index (χ4n) is 2.64. The van der Waals surface area contributed by atoms with Crippen molar-refractivity contribution in [2.45, 2.75) is 25.6 Å². The zero-order chi connectivity index (χ0) is 15.0. The molecule has 3 aromatic rings. The van der Waals surface area contributed by atoms with Gasteiger partial charge in [0.15, 0.2) is 0 Å². The molecular weight excluding hydrogens is 287 g/mol. The van der Waals surface area contributed by atoms with Crippen molar-refractivity contribution in [2.75, 3.05) is 0 Å². The van der Waals surface area contributed by atoms with Crippen LogP contribution in [0.2, 0.25) is 0 Å². The standard InChI is InChI=1S/C17H16ClFN2/c1-11(2)13-5-3-4-6-15(13)21-16-8-7-12(19)9-14(16)20-17(21)10-18/h3-9,11H,10H2,1-2H3. The van der Waals surface area contributed by atoms with Gasteiger partial charge in [0.05, 0.1) is 22.6 Å². The van der Waals surface area contributed by atoms with Crippen LogP contribution in [0.3, 0.4) is 0 Å². The Balaban J connectivity index is 2.34. The maximum absolute atomic E-state index is 13.4. The predicted octanol–water partition coefficient (Wildman–Crippen LogP) is 5.03. The quantitative estimate of drug-likeness (QED) is 0.621. The van der Waals surface area contributed by atoms with Gasteiger partial charge in [-0.3, -0.25) is 4.57 Å². The number of para-hydroxylation sites is 1. The highest BCUT2D eigenvalue weighted by Gasteiger charge is 2.16. The van der Waals surface area contributed by atoms with Crippen LogP contribution < -0.4 is 0 Å². The maximum atomic E-state index is 13.4. The van der Waals surface area contributed by atoms with E-state index in [-0.39, 0.29) is 11.7 Å². The van der Waals surface area contributed by atoms with Crippen molar-refractivity contribution in [3.63, 3.8) is 0 Å². The fraction of sp³-hybridized carbons (Fsp3) is 0.235. The van der Waals surface area contributed by atoms with Crippen molar-refractivity contribution in [3.05, 3.63) is 59.7 Å². The van der Waals surface area contributed by atoms with Crippen LogP contribution in [0.15, 0.2) is 42.5 Å². The minimum Gasteiger partial charge on any atom is -0.295 e. The molecule has 0 saturated carbocycles. The van der Waals surface area contributed by atoms with Crippen LogP contribution in [0.5, 0.6) is 0 Å². The van der Waals surface area contributed by atoms with E-state index in [1.165, 1.54) is 17.7 Å². The molecule has 0 amide bonds. The lowest BCUT2D eigenvalue weighted by molar-refractivity contribution is 0.629.